The van der Waals surface area contributed by atoms with Crippen molar-refractivity contribution in [3.8, 4) is 0 Å². The summed E-state index contributed by atoms with van der Waals surface area (Å²) in [7, 11) is 0. The van der Waals surface area contributed by atoms with Crippen molar-refractivity contribution in [3.63, 3.8) is 0 Å². The van der Waals surface area contributed by atoms with Crippen molar-refractivity contribution in [3.05, 3.63) is 29.6 Å². The highest BCUT2D eigenvalue weighted by Crippen LogP contribution is 2.17. The van der Waals surface area contributed by atoms with Gasteiger partial charge in [-0.25, -0.2) is 0 Å². The molecule has 0 saturated carbocycles. The molecule has 3 nitrogen and oxygen atoms in total. The van der Waals surface area contributed by atoms with E-state index in [4.69, 9.17) is 0 Å². The lowest BCUT2D eigenvalue weighted by atomic mass is 10.2. The molecule has 0 fully saturated rings. The van der Waals surface area contributed by atoms with Crippen LogP contribution in [0.15, 0.2) is 18.3 Å². The number of pyridine rings is 1. The van der Waals surface area contributed by atoms with Gasteiger partial charge in [-0.3, -0.25) is 9.88 Å². The largest absolute Gasteiger partial charge is 0.401 e. The number of hydrogen-bond donors (Lipinski definition) is 1. The minimum Gasteiger partial charge on any atom is -0.313 e. The van der Waals surface area contributed by atoms with Crippen molar-refractivity contribution in [2.75, 3.05) is 19.6 Å². The SMILES string of the molecule is CCNCc1ccc(CN(CC)CC(F)(F)F)nc1. The minimum atomic E-state index is -4.17. The van der Waals surface area contributed by atoms with E-state index < -0.39 is 12.7 Å². The molecule has 1 rings (SSSR count). The van der Waals surface area contributed by atoms with Crippen LogP contribution in [0.2, 0.25) is 0 Å². The molecule has 1 aromatic heterocycles. The van der Waals surface area contributed by atoms with Crippen LogP contribution >= 0.6 is 0 Å². The average molecular weight is 275 g/mol. The van der Waals surface area contributed by atoms with Crippen LogP contribution in [0.1, 0.15) is 25.1 Å². The molecule has 6 heteroatoms. The Morgan fingerprint density at radius 3 is 2.47 bits per heavy atom. The van der Waals surface area contributed by atoms with Crippen LogP contribution in [0.25, 0.3) is 0 Å². The van der Waals surface area contributed by atoms with Crippen LogP contribution in [-0.4, -0.2) is 35.7 Å². The van der Waals surface area contributed by atoms with Crippen molar-refractivity contribution in [1.29, 1.82) is 0 Å². The Morgan fingerprint density at radius 2 is 2.00 bits per heavy atom. The maximum absolute atomic E-state index is 12.3. The molecule has 0 saturated heterocycles. The van der Waals surface area contributed by atoms with E-state index in [2.05, 4.69) is 10.3 Å². The Hall–Kier alpha value is -1.14. The third-order valence-electron chi connectivity index (χ3n) is 2.70. The van der Waals surface area contributed by atoms with E-state index in [9.17, 15) is 13.2 Å². The molecule has 108 valence electrons. The van der Waals surface area contributed by atoms with Gasteiger partial charge in [0.15, 0.2) is 0 Å². The highest BCUT2D eigenvalue weighted by molar-refractivity contribution is 5.13. The number of rotatable bonds is 7. The third-order valence-corrected chi connectivity index (χ3v) is 2.70. The lowest BCUT2D eigenvalue weighted by molar-refractivity contribution is -0.146. The maximum atomic E-state index is 12.3. The predicted octanol–water partition coefficient (Wildman–Crippen LogP) is 2.58. The van der Waals surface area contributed by atoms with E-state index in [0.29, 0.717) is 12.2 Å². The molecular formula is C13H20F3N3. The average Bonchev–Trinajstić information content (AvgIpc) is 2.35. The number of halogens is 3. The molecule has 19 heavy (non-hydrogen) atoms. The first-order chi connectivity index (χ1) is 8.94. The first-order valence-electron chi connectivity index (χ1n) is 6.38. The summed E-state index contributed by atoms with van der Waals surface area (Å²) in [5.74, 6) is 0. The first-order valence-corrected chi connectivity index (χ1v) is 6.38. The van der Waals surface area contributed by atoms with Gasteiger partial charge in [-0.2, -0.15) is 13.2 Å². The summed E-state index contributed by atoms with van der Waals surface area (Å²) in [6.07, 6.45) is -2.46. The van der Waals surface area contributed by atoms with E-state index in [1.54, 1.807) is 19.2 Å². The van der Waals surface area contributed by atoms with Gasteiger partial charge < -0.3 is 5.32 Å². The molecule has 0 aliphatic heterocycles. The summed E-state index contributed by atoms with van der Waals surface area (Å²) in [5.41, 5.74) is 1.69. The van der Waals surface area contributed by atoms with Gasteiger partial charge in [-0.1, -0.05) is 19.9 Å². The van der Waals surface area contributed by atoms with E-state index in [0.717, 1.165) is 18.7 Å². The van der Waals surface area contributed by atoms with Gasteiger partial charge in [0.2, 0.25) is 0 Å². The molecule has 0 aromatic carbocycles. The Balaban J connectivity index is 2.55. The monoisotopic (exact) mass is 275 g/mol. The smallest absolute Gasteiger partial charge is 0.313 e. The Bertz CT molecular complexity index is 362. The molecule has 0 spiro atoms. The zero-order chi connectivity index (χ0) is 14.3. The molecule has 1 N–H and O–H groups in total. The lowest BCUT2D eigenvalue weighted by Gasteiger charge is -2.21. The van der Waals surface area contributed by atoms with Gasteiger partial charge in [0.1, 0.15) is 0 Å². The molecule has 0 bridgehead atoms. The van der Waals surface area contributed by atoms with E-state index in [1.165, 1.54) is 4.90 Å². The zero-order valence-electron chi connectivity index (χ0n) is 11.3. The van der Waals surface area contributed by atoms with Crippen LogP contribution in [0.4, 0.5) is 13.2 Å². The van der Waals surface area contributed by atoms with Crippen LogP contribution in [0, 0.1) is 0 Å². The highest BCUT2D eigenvalue weighted by atomic mass is 19.4. The molecule has 1 heterocycles. The lowest BCUT2D eigenvalue weighted by Crippen LogP contribution is -2.33. The van der Waals surface area contributed by atoms with E-state index in [1.807, 2.05) is 13.0 Å². The van der Waals surface area contributed by atoms with Crippen LogP contribution in [0.3, 0.4) is 0 Å². The van der Waals surface area contributed by atoms with Crippen molar-refractivity contribution >= 4 is 0 Å². The normalized spacial score (nSPS) is 12.1. The van der Waals surface area contributed by atoms with Crippen molar-refractivity contribution in [2.45, 2.75) is 33.1 Å². The summed E-state index contributed by atoms with van der Waals surface area (Å²) in [6.45, 7) is 4.99. The molecular weight excluding hydrogens is 255 g/mol. The Labute approximate surface area is 111 Å². The molecule has 1 aromatic rings. The fourth-order valence-electron chi connectivity index (χ4n) is 1.68. The van der Waals surface area contributed by atoms with E-state index in [-0.39, 0.29) is 6.54 Å². The fraction of sp³-hybridized carbons (Fsp3) is 0.615. The minimum absolute atomic E-state index is 0.220. The maximum Gasteiger partial charge on any atom is 0.401 e. The predicted molar refractivity (Wildman–Crippen MR) is 68.6 cm³/mol. The van der Waals surface area contributed by atoms with Gasteiger partial charge in [0.25, 0.3) is 0 Å². The van der Waals surface area contributed by atoms with Crippen molar-refractivity contribution in [2.24, 2.45) is 0 Å². The number of nitrogens with one attached hydrogen (secondary N) is 1. The van der Waals surface area contributed by atoms with Gasteiger partial charge in [0, 0.05) is 19.3 Å². The molecule has 0 aliphatic carbocycles. The molecule has 0 amide bonds. The van der Waals surface area contributed by atoms with Crippen molar-refractivity contribution < 1.29 is 13.2 Å². The number of hydrogen-bond acceptors (Lipinski definition) is 3. The van der Waals surface area contributed by atoms with Crippen LogP contribution in [-0.2, 0) is 13.1 Å². The van der Waals surface area contributed by atoms with Crippen LogP contribution in [0.5, 0.6) is 0 Å². The highest BCUT2D eigenvalue weighted by Gasteiger charge is 2.30. The van der Waals surface area contributed by atoms with Gasteiger partial charge in [-0.05, 0) is 24.7 Å². The number of aromatic nitrogens is 1. The number of alkyl halides is 3. The third kappa shape index (κ3) is 6.54. The summed E-state index contributed by atoms with van der Waals surface area (Å²) in [5, 5.41) is 3.17. The summed E-state index contributed by atoms with van der Waals surface area (Å²) in [4.78, 5) is 5.53. The second-order valence-electron chi connectivity index (χ2n) is 4.36. The summed E-state index contributed by atoms with van der Waals surface area (Å²) >= 11 is 0. The zero-order valence-corrected chi connectivity index (χ0v) is 11.3. The fourth-order valence-corrected chi connectivity index (χ4v) is 1.68. The second kappa shape index (κ2) is 7.45. The quantitative estimate of drug-likeness (QED) is 0.829. The topological polar surface area (TPSA) is 28.2 Å². The molecule has 0 aliphatic rings. The van der Waals surface area contributed by atoms with Crippen LogP contribution < -0.4 is 5.32 Å². The molecule has 0 atom stereocenters. The van der Waals surface area contributed by atoms with Crippen molar-refractivity contribution in [1.82, 2.24) is 15.2 Å². The summed E-state index contributed by atoms with van der Waals surface area (Å²) in [6, 6.07) is 3.68. The van der Waals surface area contributed by atoms with Gasteiger partial charge in [-0.15, -0.1) is 0 Å². The van der Waals surface area contributed by atoms with Gasteiger partial charge in [0.05, 0.1) is 12.2 Å². The molecule has 0 unspecified atom stereocenters. The Morgan fingerprint density at radius 1 is 1.26 bits per heavy atom. The standard InChI is InChI=1S/C13H20F3N3/c1-3-17-7-11-5-6-12(18-8-11)9-19(4-2)10-13(14,15)16/h5-6,8,17H,3-4,7,9-10H2,1-2H3. The van der Waals surface area contributed by atoms with Gasteiger partial charge >= 0.3 is 6.18 Å². The Kier molecular flexibility index (Phi) is 6.24. The second-order valence-corrected chi connectivity index (χ2v) is 4.36. The molecule has 0 radical (unpaired) electrons. The first kappa shape index (κ1) is 15.9. The van der Waals surface area contributed by atoms with E-state index >= 15 is 0 Å². The number of nitrogens with zero attached hydrogens (tertiary/aromatic N) is 2. The summed E-state index contributed by atoms with van der Waals surface area (Å²) < 4.78 is 37.0.